The quantitative estimate of drug-likeness (QED) is 0.776. The number of carbonyl (C=O) groups excluding carboxylic acids is 1. The zero-order valence-corrected chi connectivity index (χ0v) is 16.2. The lowest BCUT2D eigenvalue weighted by Crippen LogP contribution is -2.31. The minimum atomic E-state index is -3.41. The van der Waals surface area contributed by atoms with Crippen molar-refractivity contribution in [2.75, 3.05) is 17.1 Å². The average molecular weight is 385 g/mol. The first-order valence-electron chi connectivity index (χ1n) is 8.97. The van der Waals surface area contributed by atoms with E-state index < -0.39 is 10.0 Å². The summed E-state index contributed by atoms with van der Waals surface area (Å²) in [5.41, 5.74) is 3.49. The van der Waals surface area contributed by atoms with Crippen LogP contribution in [-0.4, -0.2) is 27.1 Å². The van der Waals surface area contributed by atoms with Gasteiger partial charge < -0.3 is 5.32 Å². The Bertz CT molecular complexity index is 936. The minimum Gasteiger partial charge on any atom is -0.345 e. The van der Waals surface area contributed by atoms with Crippen LogP contribution in [0.2, 0.25) is 0 Å². The van der Waals surface area contributed by atoms with Gasteiger partial charge in [-0.15, -0.1) is 6.58 Å². The van der Waals surface area contributed by atoms with Gasteiger partial charge in [0.15, 0.2) is 0 Å². The number of nitrogens with one attached hydrogen (secondary N) is 1. The van der Waals surface area contributed by atoms with Crippen LogP contribution >= 0.6 is 0 Å². The van der Waals surface area contributed by atoms with Crippen molar-refractivity contribution in [1.29, 1.82) is 0 Å². The molecule has 1 aliphatic rings. The molecular weight excluding hydrogens is 360 g/mol. The zero-order chi connectivity index (χ0) is 19.4. The summed E-state index contributed by atoms with van der Waals surface area (Å²) in [6.45, 7) is 3.78. The summed E-state index contributed by atoms with van der Waals surface area (Å²) in [7, 11) is -3.41. The van der Waals surface area contributed by atoms with Gasteiger partial charge in [0.05, 0.1) is 24.5 Å². The van der Waals surface area contributed by atoms with Crippen molar-refractivity contribution in [2.45, 2.75) is 25.3 Å². The fourth-order valence-electron chi connectivity index (χ4n) is 3.47. The standard InChI is InChI=1S/C21H24N2O3S/c1-3-15-23(27(2,25)26)18-13-11-17(12-14-18)21(24)22-20-10-6-8-16-7-4-5-9-19(16)20/h3-5,7,9,11-14,20H,1,6,8,10,15H2,2H3,(H,22,24)/t20-/m1/s1. The van der Waals surface area contributed by atoms with Gasteiger partial charge in [0.25, 0.3) is 5.91 Å². The number of carbonyl (C=O) groups is 1. The molecule has 0 fully saturated rings. The summed E-state index contributed by atoms with van der Waals surface area (Å²) >= 11 is 0. The molecule has 0 aliphatic heterocycles. The summed E-state index contributed by atoms with van der Waals surface area (Å²) in [5.74, 6) is -0.155. The van der Waals surface area contributed by atoms with Crippen LogP contribution in [0.4, 0.5) is 5.69 Å². The highest BCUT2D eigenvalue weighted by molar-refractivity contribution is 7.92. The van der Waals surface area contributed by atoms with Crippen molar-refractivity contribution in [2.24, 2.45) is 0 Å². The lowest BCUT2D eigenvalue weighted by Gasteiger charge is -2.26. The molecule has 0 saturated heterocycles. The molecule has 2 aromatic rings. The fraction of sp³-hybridized carbons (Fsp3) is 0.286. The van der Waals surface area contributed by atoms with Gasteiger partial charge in [-0.05, 0) is 54.7 Å². The molecule has 0 heterocycles. The number of amides is 1. The maximum absolute atomic E-state index is 12.7. The van der Waals surface area contributed by atoms with E-state index in [2.05, 4.69) is 24.0 Å². The number of fused-ring (bicyclic) bond motifs is 1. The number of aryl methyl sites for hydroxylation is 1. The van der Waals surface area contributed by atoms with Crippen LogP contribution in [0.1, 0.15) is 40.4 Å². The second-order valence-electron chi connectivity index (χ2n) is 6.75. The van der Waals surface area contributed by atoms with Crippen LogP contribution in [-0.2, 0) is 16.4 Å². The molecule has 1 N–H and O–H groups in total. The highest BCUT2D eigenvalue weighted by Gasteiger charge is 2.22. The maximum atomic E-state index is 12.7. The molecule has 0 bridgehead atoms. The van der Waals surface area contributed by atoms with E-state index in [1.54, 1.807) is 24.3 Å². The Hall–Kier alpha value is -2.60. The van der Waals surface area contributed by atoms with Gasteiger partial charge in [0, 0.05) is 5.56 Å². The molecule has 0 aromatic heterocycles. The average Bonchev–Trinajstić information content (AvgIpc) is 2.65. The molecule has 0 spiro atoms. The Morgan fingerprint density at radius 3 is 2.59 bits per heavy atom. The van der Waals surface area contributed by atoms with E-state index in [1.165, 1.54) is 21.5 Å². The highest BCUT2D eigenvalue weighted by Crippen LogP contribution is 2.29. The number of rotatable bonds is 6. The Labute approximate surface area is 160 Å². The Morgan fingerprint density at radius 1 is 1.22 bits per heavy atom. The van der Waals surface area contributed by atoms with Gasteiger partial charge in [0.2, 0.25) is 10.0 Å². The predicted molar refractivity (Wildman–Crippen MR) is 108 cm³/mol. The van der Waals surface area contributed by atoms with Gasteiger partial charge in [-0.1, -0.05) is 30.3 Å². The molecule has 6 heteroatoms. The van der Waals surface area contributed by atoms with E-state index in [9.17, 15) is 13.2 Å². The van der Waals surface area contributed by atoms with E-state index in [4.69, 9.17) is 0 Å². The first-order valence-corrected chi connectivity index (χ1v) is 10.8. The van der Waals surface area contributed by atoms with Crippen molar-refractivity contribution < 1.29 is 13.2 Å². The summed E-state index contributed by atoms with van der Waals surface area (Å²) in [6, 6.07) is 14.8. The molecule has 1 atom stereocenters. The van der Waals surface area contributed by atoms with Crippen molar-refractivity contribution in [1.82, 2.24) is 5.32 Å². The molecular formula is C21H24N2O3S. The monoisotopic (exact) mass is 384 g/mol. The smallest absolute Gasteiger partial charge is 0.251 e. The normalized spacial score (nSPS) is 16.3. The van der Waals surface area contributed by atoms with Crippen molar-refractivity contribution in [3.8, 4) is 0 Å². The molecule has 3 rings (SSSR count). The van der Waals surface area contributed by atoms with E-state index >= 15 is 0 Å². The van der Waals surface area contributed by atoms with E-state index in [1.807, 2.05) is 12.1 Å². The molecule has 142 valence electrons. The summed E-state index contributed by atoms with van der Waals surface area (Å²) in [5, 5.41) is 3.11. The van der Waals surface area contributed by atoms with Crippen LogP contribution in [0.15, 0.2) is 61.2 Å². The van der Waals surface area contributed by atoms with Gasteiger partial charge in [-0.3, -0.25) is 9.10 Å². The Morgan fingerprint density at radius 2 is 1.93 bits per heavy atom. The van der Waals surface area contributed by atoms with Crippen LogP contribution in [0.3, 0.4) is 0 Å². The second-order valence-corrected chi connectivity index (χ2v) is 8.65. The van der Waals surface area contributed by atoms with Gasteiger partial charge in [-0.25, -0.2) is 8.42 Å². The molecule has 0 unspecified atom stereocenters. The third-order valence-electron chi connectivity index (χ3n) is 4.79. The van der Waals surface area contributed by atoms with Crippen LogP contribution in [0.25, 0.3) is 0 Å². The first kappa shape index (κ1) is 19.2. The third kappa shape index (κ3) is 4.39. The first-order chi connectivity index (χ1) is 12.9. The minimum absolute atomic E-state index is 0.00964. The van der Waals surface area contributed by atoms with E-state index in [0.29, 0.717) is 11.3 Å². The molecule has 2 aromatic carbocycles. The van der Waals surface area contributed by atoms with Gasteiger partial charge >= 0.3 is 0 Å². The van der Waals surface area contributed by atoms with Gasteiger partial charge in [0.1, 0.15) is 0 Å². The number of hydrogen-bond acceptors (Lipinski definition) is 3. The van der Waals surface area contributed by atoms with Crippen molar-refractivity contribution in [3.05, 3.63) is 77.9 Å². The summed E-state index contributed by atoms with van der Waals surface area (Å²) in [6.07, 6.45) is 5.69. The largest absolute Gasteiger partial charge is 0.345 e. The molecule has 0 radical (unpaired) electrons. The summed E-state index contributed by atoms with van der Waals surface area (Å²) < 4.78 is 25.1. The van der Waals surface area contributed by atoms with Crippen LogP contribution in [0.5, 0.6) is 0 Å². The van der Waals surface area contributed by atoms with E-state index in [-0.39, 0.29) is 18.5 Å². The molecule has 0 saturated carbocycles. The number of benzene rings is 2. The SMILES string of the molecule is C=CCN(c1ccc(C(=O)N[C@@H]2CCCc3ccccc32)cc1)S(C)(=O)=O. The summed E-state index contributed by atoms with van der Waals surface area (Å²) in [4.78, 5) is 12.7. The lowest BCUT2D eigenvalue weighted by atomic mass is 9.87. The Kier molecular flexibility index (Phi) is 5.65. The maximum Gasteiger partial charge on any atom is 0.251 e. The molecule has 1 aliphatic carbocycles. The predicted octanol–water partition coefficient (Wildman–Crippen LogP) is 3.45. The zero-order valence-electron chi connectivity index (χ0n) is 15.4. The van der Waals surface area contributed by atoms with Crippen molar-refractivity contribution >= 4 is 21.6 Å². The van der Waals surface area contributed by atoms with Crippen molar-refractivity contribution in [3.63, 3.8) is 0 Å². The number of hydrogen-bond donors (Lipinski definition) is 1. The van der Waals surface area contributed by atoms with Gasteiger partial charge in [-0.2, -0.15) is 0 Å². The number of nitrogens with zero attached hydrogens (tertiary/aromatic N) is 1. The Balaban J connectivity index is 1.76. The highest BCUT2D eigenvalue weighted by atomic mass is 32.2. The third-order valence-corrected chi connectivity index (χ3v) is 5.95. The second kappa shape index (κ2) is 7.96. The number of anilines is 1. The molecule has 1 amide bonds. The topological polar surface area (TPSA) is 66.5 Å². The molecule has 5 nitrogen and oxygen atoms in total. The van der Waals surface area contributed by atoms with E-state index in [0.717, 1.165) is 25.5 Å². The van der Waals surface area contributed by atoms with Crippen LogP contribution < -0.4 is 9.62 Å². The fourth-order valence-corrected chi connectivity index (χ4v) is 4.35. The number of sulfonamides is 1. The molecule has 27 heavy (non-hydrogen) atoms. The lowest BCUT2D eigenvalue weighted by molar-refractivity contribution is 0.0933. The van der Waals surface area contributed by atoms with Crippen LogP contribution in [0, 0.1) is 0 Å².